The van der Waals surface area contributed by atoms with Gasteiger partial charge in [-0.2, -0.15) is 4.98 Å². The Balaban J connectivity index is 1.21. The molecule has 3 heterocycles. The number of carbonyl (C=O) groups is 1. The van der Waals surface area contributed by atoms with Crippen molar-refractivity contribution in [3.05, 3.63) is 95.3 Å². The van der Waals surface area contributed by atoms with E-state index in [1.165, 1.54) is 5.56 Å². The lowest BCUT2D eigenvalue weighted by atomic mass is 10.1. The first-order chi connectivity index (χ1) is 20.3. The van der Waals surface area contributed by atoms with Gasteiger partial charge in [-0.05, 0) is 61.9 Å². The molecule has 0 unspecified atom stereocenters. The van der Waals surface area contributed by atoms with E-state index in [0.717, 1.165) is 55.1 Å². The number of hydrogen-bond acceptors (Lipinski definition) is 7. The molecule has 42 heavy (non-hydrogen) atoms. The predicted molar refractivity (Wildman–Crippen MR) is 165 cm³/mol. The third-order valence-electron chi connectivity index (χ3n) is 7.82. The summed E-state index contributed by atoms with van der Waals surface area (Å²) in [6.07, 6.45) is 1.69. The number of carbonyl (C=O) groups excluding carboxylic acids is 1. The lowest BCUT2D eigenvalue weighted by Gasteiger charge is -2.32. The molecular weight excluding hydrogens is 526 g/mol. The number of fused-ring (bicyclic) bond motifs is 1. The highest BCUT2D eigenvalue weighted by Crippen LogP contribution is 2.30. The van der Waals surface area contributed by atoms with Gasteiger partial charge in [-0.25, -0.2) is 9.97 Å². The molecule has 0 saturated carbocycles. The summed E-state index contributed by atoms with van der Waals surface area (Å²) < 4.78 is 8.10. The molecule has 3 aromatic carbocycles. The maximum Gasteiger partial charge on any atom is 0.256 e. The Hall–Kier alpha value is -4.60. The predicted octanol–water partition coefficient (Wildman–Crippen LogP) is 5.44. The highest BCUT2D eigenvalue weighted by molar-refractivity contribution is 6.05. The Kier molecular flexibility index (Phi) is 7.69. The van der Waals surface area contributed by atoms with Crippen molar-refractivity contribution in [1.82, 2.24) is 29.3 Å². The zero-order valence-corrected chi connectivity index (χ0v) is 24.5. The minimum Gasteiger partial charge on any atom is -0.437 e. The van der Waals surface area contributed by atoms with Crippen LogP contribution >= 0.6 is 0 Å². The average Bonchev–Trinajstić information content (AvgIpc) is 3.37. The fourth-order valence-corrected chi connectivity index (χ4v) is 5.19. The van der Waals surface area contributed by atoms with E-state index >= 15 is 0 Å². The molecule has 9 heteroatoms. The number of anilines is 1. The first-order valence-corrected chi connectivity index (χ1v) is 14.2. The molecule has 1 fully saturated rings. The van der Waals surface area contributed by atoms with Gasteiger partial charge in [-0.15, -0.1) is 0 Å². The number of imidazole rings is 1. The average molecular weight is 562 g/mol. The summed E-state index contributed by atoms with van der Waals surface area (Å²) in [5, 5.41) is 3.08. The van der Waals surface area contributed by atoms with Gasteiger partial charge in [0.2, 0.25) is 0 Å². The topological polar surface area (TPSA) is 88.4 Å². The molecule has 1 aliphatic rings. The second-order valence-corrected chi connectivity index (χ2v) is 11.0. The van der Waals surface area contributed by atoms with Crippen molar-refractivity contribution >= 4 is 22.8 Å². The van der Waals surface area contributed by atoms with E-state index in [0.29, 0.717) is 34.2 Å². The van der Waals surface area contributed by atoms with Crippen LogP contribution in [0.1, 0.15) is 27.0 Å². The van der Waals surface area contributed by atoms with Crippen molar-refractivity contribution in [2.75, 3.05) is 38.5 Å². The van der Waals surface area contributed by atoms with Gasteiger partial charge in [0.1, 0.15) is 5.75 Å². The van der Waals surface area contributed by atoms with Gasteiger partial charge in [-0.3, -0.25) is 9.69 Å². The van der Waals surface area contributed by atoms with Crippen LogP contribution in [-0.2, 0) is 13.6 Å². The molecule has 1 N–H and O–H groups in total. The lowest BCUT2D eigenvalue weighted by molar-refractivity contribution is 0.102. The first kappa shape index (κ1) is 27.6. The van der Waals surface area contributed by atoms with E-state index in [1.807, 2.05) is 73.1 Å². The van der Waals surface area contributed by atoms with E-state index < -0.39 is 0 Å². The van der Waals surface area contributed by atoms with Crippen LogP contribution in [0.3, 0.4) is 0 Å². The zero-order chi connectivity index (χ0) is 29.2. The van der Waals surface area contributed by atoms with E-state index in [4.69, 9.17) is 14.7 Å². The molecule has 1 aliphatic heterocycles. The first-order valence-electron chi connectivity index (χ1n) is 14.2. The van der Waals surface area contributed by atoms with Crippen molar-refractivity contribution in [3.8, 4) is 23.0 Å². The molecule has 5 aromatic rings. The second kappa shape index (κ2) is 11.7. The maximum absolute atomic E-state index is 13.4. The number of benzene rings is 3. The number of ether oxygens (including phenoxy) is 1. The van der Waals surface area contributed by atoms with Gasteiger partial charge < -0.3 is 19.5 Å². The van der Waals surface area contributed by atoms with Crippen LogP contribution in [0.15, 0.2) is 73.1 Å². The van der Waals surface area contributed by atoms with Gasteiger partial charge in [0.25, 0.3) is 11.8 Å². The normalized spacial score (nSPS) is 14.3. The molecule has 0 aliphatic carbocycles. The van der Waals surface area contributed by atoms with Crippen molar-refractivity contribution in [1.29, 1.82) is 0 Å². The monoisotopic (exact) mass is 561 g/mol. The van der Waals surface area contributed by atoms with Crippen LogP contribution in [0.5, 0.6) is 11.6 Å². The van der Waals surface area contributed by atoms with E-state index in [2.05, 4.69) is 40.1 Å². The standard InChI is InChI=1S/C33H35N7O2/c1-22-10-13-27(42-33-29-31(39(4)21-34-29)36-30(37-33)24-8-6-5-7-9-24)19-28(22)32(41)35-26-12-11-25(23(2)18-26)20-40-16-14-38(3)15-17-40/h5-13,18-19,21H,14-17,20H2,1-4H3,(H,35,41). The Labute approximate surface area is 245 Å². The van der Waals surface area contributed by atoms with E-state index in [1.54, 1.807) is 12.4 Å². The van der Waals surface area contributed by atoms with Crippen LogP contribution in [0.4, 0.5) is 5.69 Å². The second-order valence-electron chi connectivity index (χ2n) is 11.0. The fourth-order valence-electron chi connectivity index (χ4n) is 5.19. The van der Waals surface area contributed by atoms with Crippen molar-refractivity contribution in [2.45, 2.75) is 20.4 Å². The van der Waals surface area contributed by atoms with Crippen LogP contribution in [-0.4, -0.2) is 68.5 Å². The maximum atomic E-state index is 13.4. The summed E-state index contributed by atoms with van der Waals surface area (Å²) in [5.74, 6) is 1.17. The SMILES string of the molecule is Cc1cc(NC(=O)c2cc(Oc3nc(-c4ccccc4)nc4c3ncn4C)ccc2C)ccc1CN1CCN(C)CC1. The summed E-state index contributed by atoms with van der Waals surface area (Å²) in [6, 6.07) is 21.4. The fraction of sp³-hybridized carbons (Fsp3) is 0.273. The molecule has 0 radical (unpaired) electrons. The number of hydrogen-bond donors (Lipinski definition) is 1. The minimum absolute atomic E-state index is 0.195. The van der Waals surface area contributed by atoms with Crippen molar-refractivity contribution < 1.29 is 9.53 Å². The third kappa shape index (κ3) is 5.88. The Morgan fingerprint density at radius 1 is 0.905 bits per heavy atom. The van der Waals surface area contributed by atoms with Crippen LogP contribution in [0.25, 0.3) is 22.6 Å². The highest BCUT2D eigenvalue weighted by Gasteiger charge is 2.18. The lowest BCUT2D eigenvalue weighted by Crippen LogP contribution is -2.43. The molecule has 214 valence electrons. The molecular formula is C33H35N7O2. The van der Waals surface area contributed by atoms with Crippen LogP contribution < -0.4 is 10.1 Å². The van der Waals surface area contributed by atoms with Gasteiger partial charge in [-0.1, -0.05) is 42.5 Å². The smallest absolute Gasteiger partial charge is 0.256 e. The van der Waals surface area contributed by atoms with Crippen LogP contribution in [0, 0.1) is 13.8 Å². The largest absolute Gasteiger partial charge is 0.437 e. The summed E-state index contributed by atoms with van der Waals surface area (Å²) in [4.78, 5) is 32.1. The number of nitrogens with one attached hydrogen (secondary N) is 1. The zero-order valence-electron chi connectivity index (χ0n) is 24.5. The van der Waals surface area contributed by atoms with E-state index in [-0.39, 0.29) is 5.91 Å². The van der Waals surface area contributed by atoms with Gasteiger partial charge in [0.05, 0.1) is 6.33 Å². The van der Waals surface area contributed by atoms with Crippen molar-refractivity contribution in [3.63, 3.8) is 0 Å². The molecule has 0 spiro atoms. The van der Waals surface area contributed by atoms with Crippen molar-refractivity contribution in [2.24, 2.45) is 7.05 Å². The molecule has 2 aromatic heterocycles. The molecule has 0 bridgehead atoms. The quantitative estimate of drug-likeness (QED) is 0.283. The Bertz CT molecular complexity index is 1740. The van der Waals surface area contributed by atoms with Gasteiger partial charge in [0, 0.05) is 56.6 Å². The number of rotatable bonds is 7. The third-order valence-corrected chi connectivity index (χ3v) is 7.82. The number of aromatic nitrogens is 4. The number of nitrogens with zero attached hydrogens (tertiary/aromatic N) is 6. The summed E-state index contributed by atoms with van der Waals surface area (Å²) in [5.41, 5.74) is 6.68. The highest BCUT2D eigenvalue weighted by atomic mass is 16.5. The van der Waals surface area contributed by atoms with Gasteiger partial charge >= 0.3 is 0 Å². The Morgan fingerprint density at radius 2 is 1.69 bits per heavy atom. The summed E-state index contributed by atoms with van der Waals surface area (Å²) in [6.45, 7) is 9.26. The number of amides is 1. The molecule has 1 saturated heterocycles. The summed E-state index contributed by atoms with van der Waals surface area (Å²) in [7, 11) is 4.05. The van der Waals surface area contributed by atoms with E-state index in [9.17, 15) is 4.79 Å². The molecule has 1 amide bonds. The summed E-state index contributed by atoms with van der Waals surface area (Å²) >= 11 is 0. The number of likely N-dealkylation sites (N-methyl/N-ethyl adjacent to an activating group) is 1. The van der Waals surface area contributed by atoms with Crippen LogP contribution in [0.2, 0.25) is 0 Å². The number of aryl methyl sites for hydroxylation is 3. The molecule has 6 rings (SSSR count). The minimum atomic E-state index is -0.195. The molecule has 9 nitrogen and oxygen atoms in total. The van der Waals surface area contributed by atoms with Gasteiger partial charge in [0.15, 0.2) is 17.0 Å². The molecule has 0 atom stereocenters. The number of piperazine rings is 1. The Morgan fingerprint density at radius 3 is 2.45 bits per heavy atom.